The van der Waals surface area contributed by atoms with Gasteiger partial charge >= 0.3 is 0 Å². The first-order valence-corrected chi connectivity index (χ1v) is 8.94. The number of aromatic nitrogens is 3. The Bertz CT molecular complexity index is 1260. The highest BCUT2D eigenvalue weighted by Gasteiger charge is 2.20. The minimum absolute atomic E-state index is 0.130. The second kappa shape index (κ2) is 6.98. The molecule has 4 rings (SSSR count). The first kappa shape index (κ1) is 18.0. The van der Waals surface area contributed by atoms with Crippen molar-refractivity contribution in [3.63, 3.8) is 0 Å². The fourth-order valence-corrected chi connectivity index (χ4v) is 3.20. The van der Waals surface area contributed by atoms with Gasteiger partial charge in [0.05, 0.1) is 5.52 Å². The summed E-state index contributed by atoms with van der Waals surface area (Å²) in [6, 6.07) is 13.8. The Hall–Kier alpha value is -3.38. The molecule has 0 unspecified atom stereocenters. The van der Waals surface area contributed by atoms with Crippen molar-refractivity contribution in [1.82, 2.24) is 14.8 Å². The van der Waals surface area contributed by atoms with Crippen molar-refractivity contribution in [3.8, 4) is 11.5 Å². The summed E-state index contributed by atoms with van der Waals surface area (Å²) < 4.78 is 7.25. The van der Waals surface area contributed by atoms with Crippen LogP contribution in [0.2, 0.25) is 5.02 Å². The van der Waals surface area contributed by atoms with Crippen LogP contribution in [0.1, 0.15) is 21.6 Å². The number of aromatic amines is 1. The molecule has 0 bridgehead atoms. The predicted molar refractivity (Wildman–Crippen MR) is 107 cm³/mol. The van der Waals surface area contributed by atoms with Gasteiger partial charge in [-0.05, 0) is 55.5 Å². The Morgan fingerprint density at radius 3 is 2.57 bits per heavy atom. The SMILES string of the molecule is Cc1[nH]n(C)c(=O)c1C(=O)c1ccc2nccc(Oc3ccc(Cl)cc3)c2c1. The molecular weight excluding hydrogens is 378 g/mol. The van der Waals surface area contributed by atoms with Crippen LogP contribution in [-0.4, -0.2) is 20.5 Å². The molecule has 0 aliphatic heterocycles. The van der Waals surface area contributed by atoms with Crippen LogP contribution in [-0.2, 0) is 7.05 Å². The highest BCUT2D eigenvalue weighted by atomic mass is 35.5. The first-order valence-electron chi connectivity index (χ1n) is 8.56. The van der Waals surface area contributed by atoms with Crippen molar-refractivity contribution >= 4 is 28.3 Å². The molecule has 28 heavy (non-hydrogen) atoms. The number of fused-ring (bicyclic) bond motifs is 1. The van der Waals surface area contributed by atoms with Crippen LogP contribution in [0.4, 0.5) is 0 Å². The largest absolute Gasteiger partial charge is 0.457 e. The van der Waals surface area contributed by atoms with Crippen LogP contribution in [0.5, 0.6) is 11.5 Å². The Morgan fingerprint density at radius 2 is 1.89 bits per heavy atom. The Balaban J connectivity index is 1.78. The number of H-pyrrole nitrogens is 1. The molecule has 0 aliphatic carbocycles. The van der Waals surface area contributed by atoms with E-state index in [9.17, 15) is 9.59 Å². The fourth-order valence-electron chi connectivity index (χ4n) is 3.08. The summed E-state index contributed by atoms with van der Waals surface area (Å²) >= 11 is 5.92. The molecule has 4 aromatic rings. The number of carbonyl (C=O) groups excluding carboxylic acids is 1. The molecule has 2 aromatic carbocycles. The van der Waals surface area contributed by atoms with Crippen molar-refractivity contribution in [1.29, 1.82) is 0 Å². The van der Waals surface area contributed by atoms with Crippen LogP contribution in [0.15, 0.2) is 59.5 Å². The number of ketones is 1. The molecule has 7 heteroatoms. The first-order chi connectivity index (χ1) is 13.4. The van der Waals surface area contributed by atoms with E-state index in [0.717, 1.165) is 0 Å². The number of carbonyl (C=O) groups is 1. The van der Waals surface area contributed by atoms with E-state index in [1.54, 1.807) is 68.7 Å². The third-order valence-electron chi connectivity index (χ3n) is 4.46. The number of hydrogen-bond donors (Lipinski definition) is 1. The zero-order valence-electron chi connectivity index (χ0n) is 15.2. The third kappa shape index (κ3) is 3.18. The van der Waals surface area contributed by atoms with Crippen molar-refractivity contribution in [3.05, 3.63) is 86.9 Å². The van der Waals surface area contributed by atoms with E-state index in [2.05, 4.69) is 10.1 Å². The standard InChI is InChI=1S/C21H16ClN3O3/c1-12-19(21(27)25(2)24-12)20(26)13-3-8-17-16(11-13)18(9-10-23-17)28-15-6-4-14(22)5-7-15/h3-11,24H,1-2H3. The molecule has 2 heterocycles. The van der Waals surface area contributed by atoms with Gasteiger partial charge in [-0.15, -0.1) is 0 Å². The maximum atomic E-state index is 12.9. The lowest BCUT2D eigenvalue weighted by Crippen LogP contribution is -2.19. The van der Waals surface area contributed by atoms with E-state index in [4.69, 9.17) is 16.3 Å². The highest BCUT2D eigenvalue weighted by Crippen LogP contribution is 2.30. The number of benzene rings is 2. The number of rotatable bonds is 4. The van der Waals surface area contributed by atoms with Crippen LogP contribution in [0.25, 0.3) is 10.9 Å². The molecule has 1 N–H and O–H groups in total. The summed E-state index contributed by atoms with van der Waals surface area (Å²) in [4.78, 5) is 29.5. The minimum atomic E-state index is -0.355. The third-order valence-corrected chi connectivity index (χ3v) is 4.71. The molecule has 0 aliphatic rings. The molecule has 0 amide bonds. The fraction of sp³-hybridized carbons (Fsp3) is 0.0952. The molecule has 2 aromatic heterocycles. The van der Waals surface area contributed by atoms with E-state index >= 15 is 0 Å². The topological polar surface area (TPSA) is 77.0 Å². The number of nitrogens with zero attached hydrogens (tertiary/aromatic N) is 2. The number of nitrogens with one attached hydrogen (secondary N) is 1. The number of hydrogen-bond acceptors (Lipinski definition) is 4. The van der Waals surface area contributed by atoms with E-state index in [0.29, 0.717) is 38.7 Å². The smallest absolute Gasteiger partial charge is 0.277 e. The molecule has 0 fully saturated rings. The van der Waals surface area contributed by atoms with Gasteiger partial charge in [0.1, 0.15) is 17.1 Å². The number of halogens is 1. The van der Waals surface area contributed by atoms with E-state index in [1.165, 1.54) is 4.68 Å². The van der Waals surface area contributed by atoms with E-state index < -0.39 is 0 Å². The maximum Gasteiger partial charge on any atom is 0.277 e. The van der Waals surface area contributed by atoms with Gasteiger partial charge in [0.2, 0.25) is 0 Å². The quantitative estimate of drug-likeness (QED) is 0.526. The average molecular weight is 394 g/mol. The molecule has 0 atom stereocenters. The lowest BCUT2D eigenvalue weighted by Gasteiger charge is -2.10. The lowest BCUT2D eigenvalue weighted by atomic mass is 10.0. The summed E-state index contributed by atoms with van der Waals surface area (Å²) in [5.74, 6) is 0.826. The van der Waals surface area contributed by atoms with Crippen molar-refractivity contribution < 1.29 is 9.53 Å². The molecule has 0 saturated carbocycles. The second-order valence-corrected chi connectivity index (χ2v) is 6.84. The molecule has 0 spiro atoms. The van der Waals surface area contributed by atoms with E-state index in [-0.39, 0.29) is 16.9 Å². The molecular formula is C21H16ClN3O3. The summed E-state index contributed by atoms with van der Waals surface area (Å²) in [5.41, 5.74) is 1.38. The van der Waals surface area contributed by atoms with Gasteiger partial charge in [-0.1, -0.05) is 11.6 Å². The van der Waals surface area contributed by atoms with Gasteiger partial charge in [0.15, 0.2) is 5.78 Å². The summed E-state index contributed by atoms with van der Waals surface area (Å²) in [7, 11) is 1.58. The van der Waals surface area contributed by atoms with Crippen molar-refractivity contribution in [2.75, 3.05) is 0 Å². The maximum absolute atomic E-state index is 12.9. The lowest BCUT2D eigenvalue weighted by molar-refractivity contribution is 0.103. The minimum Gasteiger partial charge on any atom is -0.457 e. The Morgan fingerprint density at radius 1 is 1.14 bits per heavy atom. The monoisotopic (exact) mass is 393 g/mol. The molecule has 140 valence electrons. The zero-order chi connectivity index (χ0) is 19.8. The van der Waals surface area contributed by atoms with Gasteiger partial charge in [0.25, 0.3) is 5.56 Å². The summed E-state index contributed by atoms with van der Waals surface area (Å²) in [6.45, 7) is 1.70. The Kier molecular flexibility index (Phi) is 4.49. The normalized spacial score (nSPS) is 11.0. The van der Waals surface area contributed by atoms with E-state index in [1.807, 2.05) is 0 Å². The van der Waals surface area contributed by atoms with Gasteiger partial charge in [0, 0.05) is 34.9 Å². The van der Waals surface area contributed by atoms with Gasteiger partial charge in [-0.3, -0.25) is 24.4 Å². The van der Waals surface area contributed by atoms with Gasteiger partial charge in [-0.25, -0.2) is 0 Å². The number of aryl methyl sites for hydroxylation is 2. The predicted octanol–water partition coefficient (Wildman–Crippen LogP) is 4.25. The van der Waals surface area contributed by atoms with Crippen molar-refractivity contribution in [2.45, 2.75) is 6.92 Å². The van der Waals surface area contributed by atoms with Crippen molar-refractivity contribution in [2.24, 2.45) is 7.05 Å². The highest BCUT2D eigenvalue weighted by molar-refractivity contribution is 6.30. The van der Waals surface area contributed by atoms with Gasteiger partial charge in [-0.2, -0.15) is 0 Å². The molecule has 0 saturated heterocycles. The van der Waals surface area contributed by atoms with Crippen LogP contribution >= 0.6 is 11.6 Å². The van der Waals surface area contributed by atoms with Crippen LogP contribution in [0.3, 0.4) is 0 Å². The van der Waals surface area contributed by atoms with Crippen LogP contribution < -0.4 is 10.3 Å². The zero-order valence-corrected chi connectivity index (χ0v) is 15.9. The Labute approximate surface area is 165 Å². The summed E-state index contributed by atoms with van der Waals surface area (Å²) in [5, 5.41) is 4.14. The molecule has 6 nitrogen and oxygen atoms in total. The molecule has 0 radical (unpaired) electrons. The van der Waals surface area contributed by atoms with Crippen LogP contribution in [0, 0.1) is 6.92 Å². The summed E-state index contributed by atoms with van der Waals surface area (Å²) in [6.07, 6.45) is 1.64. The average Bonchev–Trinajstić information content (AvgIpc) is 2.94. The second-order valence-electron chi connectivity index (χ2n) is 6.40. The number of ether oxygens (including phenoxy) is 1. The van der Waals surface area contributed by atoms with Gasteiger partial charge < -0.3 is 4.74 Å². The number of pyridine rings is 1.